The van der Waals surface area contributed by atoms with Crippen molar-refractivity contribution >= 4 is 43.9 Å². The molecule has 158 valence electrons. The second-order valence-electron chi connectivity index (χ2n) is 7.32. The van der Waals surface area contributed by atoms with Crippen molar-refractivity contribution < 1.29 is 19.4 Å². The van der Waals surface area contributed by atoms with Gasteiger partial charge in [0.15, 0.2) is 0 Å². The van der Waals surface area contributed by atoms with Crippen LogP contribution in [0.25, 0.3) is 11.1 Å². The minimum atomic E-state index is -1.01. The maximum atomic E-state index is 12.6. The monoisotopic (exact) mass is 543 g/mol. The number of ether oxygens (including phenoxy) is 1. The summed E-state index contributed by atoms with van der Waals surface area (Å²) in [4.78, 5) is 24.0. The molecule has 3 aromatic rings. The van der Waals surface area contributed by atoms with E-state index in [0.717, 1.165) is 31.2 Å². The number of hydrogen-bond acceptors (Lipinski definition) is 3. The summed E-state index contributed by atoms with van der Waals surface area (Å²) in [5.74, 6) is -1.07. The van der Waals surface area contributed by atoms with Crippen LogP contribution in [0, 0.1) is 0 Å². The number of hydrogen-bond donors (Lipinski definition) is 2. The van der Waals surface area contributed by atoms with Gasteiger partial charge in [0, 0.05) is 14.9 Å². The maximum Gasteiger partial charge on any atom is 0.407 e. The van der Waals surface area contributed by atoms with Crippen molar-refractivity contribution in [2.75, 3.05) is 6.61 Å². The van der Waals surface area contributed by atoms with E-state index in [1.165, 1.54) is 0 Å². The Morgan fingerprint density at radius 3 is 2.03 bits per heavy atom. The van der Waals surface area contributed by atoms with Crippen LogP contribution >= 0.6 is 31.9 Å². The molecule has 0 spiro atoms. The van der Waals surface area contributed by atoms with Crippen molar-refractivity contribution in [3.63, 3.8) is 0 Å². The summed E-state index contributed by atoms with van der Waals surface area (Å²) in [6.07, 6.45) is -0.906. The first-order valence-corrected chi connectivity index (χ1v) is 11.3. The number of nitrogens with one attached hydrogen (secondary N) is 1. The van der Waals surface area contributed by atoms with Gasteiger partial charge in [0.2, 0.25) is 0 Å². The highest BCUT2D eigenvalue weighted by Gasteiger charge is 2.29. The fourth-order valence-electron chi connectivity index (χ4n) is 3.99. The van der Waals surface area contributed by atoms with Gasteiger partial charge in [-0.2, -0.15) is 0 Å². The highest BCUT2D eigenvalue weighted by atomic mass is 79.9. The van der Waals surface area contributed by atoms with E-state index in [1.807, 2.05) is 42.5 Å². The van der Waals surface area contributed by atoms with Gasteiger partial charge in [-0.3, -0.25) is 4.79 Å². The molecule has 3 aromatic carbocycles. The van der Waals surface area contributed by atoms with Crippen LogP contribution in [0.5, 0.6) is 0 Å². The smallest absolute Gasteiger partial charge is 0.407 e. The van der Waals surface area contributed by atoms with Gasteiger partial charge in [0.05, 0.1) is 12.5 Å². The van der Waals surface area contributed by atoms with E-state index < -0.39 is 18.1 Å². The van der Waals surface area contributed by atoms with Gasteiger partial charge in [-0.25, -0.2) is 4.79 Å². The molecule has 0 aromatic heterocycles. The number of halogens is 2. The molecule has 0 aliphatic heterocycles. The molecule has 0 bridgehead atoms. The molecule has 1 aliphatic carbocycles. The maximum absolute atomic E-state index is 12.6. The Kier molecular flexibility index (Phi) is 6.43. The van der Waals surface area contributed by atoms with Crippen molar-refractivity contribution in [3.05, 3.63) is 92.4 Å². The number of carboxylic acids is 1. The standard InChI is InChI=1S/C24H19Br2NO4/c25-15-9-14(10-16(26)11-15)22(12-23(28)29)27-24(30)31-13-21-19-7-3-1-5-17(19)18-6-2-4-8-20(18)21/h1-11,21-22H,12-13H2,(H,27,30)(H,28,29)/t22-/m1/s1. The van der Waals surface area contributed by atoms with Crippen molar-refractivity contribution in [1.29, 1.82) is 0 Å². The van der Waals surface area contributed by atoms with E-state index in [1.54, 1.807) is 12.1 Å². The molecule has 2 N–H and O–H groups in total. The summed E-state index contributed by atoms with van der Waals surface area (Å²) in [6.45, 7) is 0.168. The zero-order chi connectivity index (χ0) is 22.0. The lowest BCUT2D eigenvalue weighted by molar-refractivity contribution is -0.137. The van der Waals surface area contributed by atoms with Crippen LogP contribution in [-0.2, 0) is 9.53 Å². The second kappa shape index (κ2) is 9.24. The van der Waals surface area contributed by atoms with Gasteiger partial charge in [0.25, 0.3) is 0 Å². The van der Waals surface area contributed by atoms with Crippen LogP contribution in [0.4, 0.5) is 4.79 Å². The number of aliphatic carboxylic acids is 1. The normalized spacial score (nSPS) is 13.2. The fourth-order valence-corrected chi connectivity index (χ4v) is 5.31. The first-order valence-electron chi connectivity index (χ1n) is 9.71. The lowest BCUT2D eigenvalue weighted by atomic mass is 9.98. The Bertz CT molecular complexity index is 1080. The molecular formula is C24H19Br2NO4. The molecule has 0 fully saturated rings. The summed E-state index contributed by atoms with van der Waals surface area (Å²) in [6, 6.07) is 20.9. The highest BCUT2D eigenvalue weighted by Crippen LogP contribution is 2.44. The van der Waals surface area contributed by atoms with Crippen LogP contribution in [0.15, 0.2) is 75.7 Å². The number of carbonyl (C=O) groups excluding carboxylic acids is 1. The van der Waals surface area contributed by atoms with Crippen LogP contribution in [0.2, 0.25) is 0 Å². The van der Waals surface area contributed by atoms with E-state index in [0.29, 0.717) is 5.56 Å². The summed E-state index contributed by atoms with van der Waals surface area (Å²) in [5.41, 5.74) is 5.20. The molecule has 0 radical (unpaired) electrons. The largest absolute Gasteiger partial charge is 0.481 e. The zero-order valence-electron chi connectivity index (χ0n) is 16.3. The SMILES string of the molecule is O=C(O)C[C@@H](NC(=O)OCC1c2ccccc2-c2ccccc21)c1cc(Br)cc(Br)c1. The van der Waals surface area contributed by atoms with E-state index in [4.69, 9.17) is 4.74 Å². The van der Waals surface area contributed by atoms with Gasteiger partial charge in [0.1, 0.15) is 6.61 Å². The number of amides is 1. The number of carboxylic acid groups (broad SMARTS) is 1. The lowest BCUT2D eigenvalue weighted by Gasteiger charge is -2.20. The van der Waals surface area contributed by atoms with E-state index in [9.17, 15) is 14.7 Å². The quantitative estimate of drug-likeness (QED) is 0.383. The highest BCUT2D eigenvalue weighted by molar-refractivity contribution is 9.11. The van der Waals surface area contributed by atoms with Gasteiger partial charge in [-0.1, -0.05) is 80.4 Å². The number of fused-ring (bicyclic) bond motifs is 3. The van der Waals surface area contributed by atoms with Crippen molar-refractivity contribution in [1.82, 2.24) is 5.32 Å². The molecule has 1 atom stereocenters. The molecule has 1 amide bonds. The van der Waals surface area contributed by atoms with Crippen LogP contribution < -0.4 is 5.32 Å². The number of carbonyl (C=O) groups is 2. The predicted octanol–water partition coefficient (Wildman–Crippen LogP) is 6.27. The van der Waals surface area contributed by atoms with Gasteiger partial charge in [-0.15, -0.1) is 0 Å². The summed E-state index contributed by atoms with van der Waals surface area (Å²) >= 11 is 6.80. The van der Waals surface area contributed by atoms with Crippen molar-refractivity contribution in [2.45, 2.75) is 18.4 Å². The molecular weight excluding hydrogens is 526 g/mol. The second-order valence-corrected chi connectivity index (χ2v) is 9.15. The zero-order valence-corrected chi connectivity index (χ0v) is 19.5. The molecule has 0 saturated carbocycles. The Balaban J connectivity index is 1.49. The Hall–Kier alpha value is -2.64. The van der Waals surface area contributed by atoms with E-state index >= 15 is 0 Å². The topological polar surface area (TPSA) is 75.6 Å². The molecule has 31 heavy (non-hydrogen) atoms. The van der Waals surface area contributed by atoms with Crippen LogP contribution in [0.1, 0.15) is 35.1 Å². The molecule has 1 aliphatic rings. The summed E-state index contributed by atoms with van der Waals surface area (Å²) in [5, 5.41) is 12.0. The molecule has 4 rings (SSSR count). The van der Waals surface area contributed by atoms with Gasteiger partial charge in [-0.05, 0) is 46.0 Å². The van der Waals surface area contributed by atoms with Crippen molar-refractivity contribution in [2.24, 2.45) is 0 Å². The Morgan fingerprint density at radius 2 is 1.48 bits per heavy atom. The lowest BCUT2D eigenvalue weighted by Crippen LogP contribution is -2.31. The predicted molar refractivity (Wildman–Crippen MR) is 125 cm³/mol. The molecule has 7 heteroatoms. The minimum absolute atomic E-state index is 0.0592. The summed E-state index contributed by atoms with van der Waals surface area (Å²) < 4.78 is 7.13. The third-order valence-corrected chi connectivity index (χ3v) is 6.22. The average Bonchev–Trinajstić information content (AvgIpc) is 3.05. The molecule has 0 saturated heterocycles. The van der Waals surface area contributed by atoms with Gasteiger partial charge < -0.3 is 15.2 Å². The minimum Gasteiger partial charge on any atom is -0.481 e. The molecule has 0 heterocycles. The fraction of sp³-hybridized carbons (Fsp3) is 0.167. The van der Waals surface area contributed by atoms with E-state index in [-0.39, 0.29) is 18.9 Å². The molecule has 0 unspecified atom stereocenters. The first kappa shape index (κ1) is 21.6. The Morgan fingerprint density at radius 1 is 0.935 bits per heavy atom. The van der Waals surface area contributed by atoms with Crippen molar-refractivity contribution in [3.8, 4) is 11.1 Å². The van der Waals surface area contributed by atoms with Crippen LogP contribution in [-0.4, -0.2) is 23.8 Å². The molecule has 5 nitrogen and oxygen atoms in total. The summed E-state index contributed by atoms with van der Waals surface area (Å²) in [7, 11) is 0. The average molecular weight is 545 g/mol. The number of benzene rings is 3. The number of alkyl carbamates (subject to hydrolysis) is 1. The van der Waals surface area contributed by atoms with Gasteiger partial charge >= 0.3 is 12.1 Å². The third kappa shape index (κ3) is 4.83. The Labute approximate surface area is 196 Å². The number of rotatable bonds is 6. The third-order valence-electron chi connectivity index (χ3n) is 5.30. The first-order chi connectivity index (χ1) is 14.9. The van der Waals surface area contributed by atoms with Crippen LogP contribution in [0.3, 0.4) is 0 Å². The van der Waals surface area contributed by atoms with E-state index in [2.05, 4.69) is 49.3 Å².